The van der Waals surface area contributed by atoms with Gasteiger partial charge in [0.05, 0.1) is 13.1 Å². The number of carbonyl (C=O) groups excluding carboxylic acids is 1. The van der Waals surface area contributed by atoms with Gasteiger partial charge in [0, 0.05) is 17.5 Å². The van der Waals surface area contributed by atoms with Gasteiger partial charge in [0.2, 0.25) is 5.91 Å². The number of thiophene rings is 1. The summed E-state index contributed by atoms with van der Waals surface area (Å²) in [5.74, 6) is 0.182. The standard InChI is InChI=1S/C13H22N2OS/c1-4-11(3)14-9-13(16)15(5-2)10-12-7-6-8-17-12/h6-8,11,14H,4-5,9-10H2,1-3H3. The molecule has 4 heteroatoms. The molecule has 0 aromatic carbocycles. The summed E-state index contributed by atoms with van der Waals surface area (Å²) in [7, 11) is 0. The van der Waals surface area contributed by atoms with Gasteiger partial charge in [0.1, 0.15) is 0 Å². The average Bonchev–Trinajstić information content (AvgIpc) is 2.85. The molecule has 0 fully saturated rings. The maximum Gasteiger partial charge on any atom is 0.236 e. The van der Waals surface area contributed by atoms with E-state index in [4.69, 9.17) is 0 Å². The number of hydrogen-bond acceptors (Lipinski definition) is 3. The van der Waals surface area contributed by atoms with Crippen LogP contribution >= 0.6 is 11.3 Å². The normalized spacial score (nSPS) is 12.4. The molecule has 0 saturated heterocycles. The molecule has 1 amide bonds. The summed E-state index contributed by atoms with van der Waals surface area (Å²) in [4.78, 5) is 15.1. The highest BCUT2D eigenvalue weighted by Crippen LogP contribution is 2.11. The van der Waals surface area contributed by atoms with Crippen LogP contribution in [0.3, 0.4) is 0 Å². The summed E-state index contributed by atoms with van der Waals surface area (Å²) in [5, 5.41) is 5.29. The Hall–Kier alpha value is -0.870. The largest absolute Gasteiger partial charge is 0.337 e. The third kappa shape index (κ3) is 4.88. The highest BCUT2D eigenvalue weighted by atomic mass is 32.1. The molecular weight excluding hydrogens is 232 g/mol. The quantitative estimate of drug-likeness (QED) is 0.811. The summed E-state index contributed by atoms with van der Waals surface area (Å²) in [6, 6.07) is 4.50. The fourth-order valence-electron chi connectivity index (χ4n) is 1.48. The molecule has 0 aliphatic heterocycles. The van der Waals surface area contributed by atoms with Gasteiger partial charge in [-0.3, -0.25) is 4.79 Å². The van der Waals surface area contributed by atoms with Crippen molar-refractivity contribution >= 4 is 17.2 Å². The lowest BCUT2D eigenvalue weighted by Crippen LogP contribution is -2.40. The van der Waals surface area contributed by atoms with Crippen LogP contribution in [0.4, 0.5) is 0 Å². The SMILES string of the molecule is CCC(C)NCC(=O)N(CC)Cc1cccs1. The zero-order valence-corrected chi connectivity index (χ0v) is 11.7. The second kappa shape index (κ2) is 7.45. The number of amides is 1. The monoisotopic (exact) mass is 254 g/mol. The molecule has 0 bridgehead atoms. The van der Waals surface area contributed by atoms with Crippen molar-refractivity contribution in [2.45, 2.75) is 39.8 Å². The minimum atomic E-state index is 0.182. The second-order valence-electron chi connectivity index (χ2n) is 4.18. The van der Waals surface area contributed by atoms with Crippen LogP contribution < -0.4 is 5.32 Å². The van der Waals surface area contributed by atoms with Crippen LogP contribution in [0.25, 0.3) is 0 Å². The number of hydrogen-bond donors (Lipinski definition) is 1. The van der Waals surface area contributed by atoms with Crippen LogP contribution in [-0.4, -0.2) is 29.9 Å². The minimum Gasteiger partial charge on any atom is -0.337 e. The Labute approximate surface area is 108 Å². The Morgan fingerprint density at radius 1 is 1.53 bits per heavy atom. The van der Waals surface area contributed by atoms with Gasteiger partial charge >= 0.3 is 0 Å². The number of likely N-dealkylation sites (N-methyl/N-ethyl adjacent to an activating group) is 1. The molecule has 1 aromatic rings. The van der Waals surface area contributed by atoms with E-state index >= 15 is 0 Å². The summed E-state index contributed by atoms with van der Waals surface area (Å²) < 4.78 is 0. The van der Waals surface area contributed by atoms with Crippen LogP contribution in [0.1, 0.15) is 32.1 Å². The van der Waals surface area contributed by atoms with Crippen LogP contribution in [0.5, 0.6) is 0 Å². The number of nitrogens with zero attached hydrogens (tertiary/aromatic N) is 1. The van der Waals surface area contributed by atoms with Gasteiger partial charge < -0.3 is 10.2 Å². The van der Waals surface area contributed by atoms with Crippen LogP contribution in [0.2, 0.25) is 0 Å². The molecular formula is C13H22N2OS. The molecule has 96 valence electrons. The minimum absolute atomic E-state index is 0.182. The fourth-order valence-corrected chi connectivity index (χ4v) is 2.20. The van der Waals surface area contributed by atoms with Gasteiger partial charge in [0.15, 0.2) is 0 Å². The van der Waals surface area contributed by atoms with Crippen molar-refractivity contribution in [3.63, 3.8) is 0 Å². The molecule has 0 saturated carbocycles. The summed E-state index contributed by atoms with van der Waals surface area (Å²) in [6.07, 6.45) is 1.05. The van der Waals surface area contributed by atoms with Gasteiger partial charge in [-0.1, -0.05) is 13.0 Å². The first kappa shape index (κ1) is 14.2. The first-order chi connectivity index (χ1) is 8.17. The maximum atomic E-state index is 12.0. The van der Waals surface area contributed by atoms with E-state index in [1.807, 2.05) is 23.3 Å². The van der Waals surface area contributed by atoms with Gasteiger partial charge in [-0.25, -0.2) is 0 Å². The predicted octanol–water partition coefficient (Wildman–Crippen LogP) is 2.48. The molecule has 3 nitrogen and oxygen atoms in total. The summed E-state index contributed by atoms with van der Waals surface area (Å²) >= 11 is 1.70. The Kier molecular flexibility index (Phi) is 6.22. The molecule has 1 heterocycles. The highest BCUT2D eigenvalue weighted by Gasteiger charge is 2.12. The Bertz CT molecular complexity index is 324. The fraction of sp³-hybridized carbons (Fsp3) is 0.615. The zero-order valence-electron chi connectivity index (χ0n) is 10.9. The van der Waals surface area contributed by atoms with Crippen LogP contribution in [0.15, 0.2) is 17.5 Å². The van der Waals surface area contributed by atoms with Crippen molar-refractivity contribution in [1.82, 2.24) is 10.2 Å². The predicted molar refractivity (Wildman–Crippen MR) is 73.2 cm³/mol. The van der Waals surface area contributed by atoms with Crippen LogP contribution in [-0.2, 0) is 11.3 Å². The van der Waals surface area contributed by atoms with E-state index in [-0.39, 0.29) is 5.91 Å². The van der Waals surface area contributed by atoms with E-state index in [2.05, 4.69) is 25.2 Å². The first-order valence-corrected chi connectivity index (χ1v) is 7.08. The Morgan fingerprint density at radius 2 is 2.29 bits per heavy atom. The maximum absolute atomic E-state index is 12.0. The number of carbonyl (C=O) groups is 1. The molecule has 0 aliphatic carbocycles. The van der Waals surface area contributed by atoms with E-state index in [9.17, 15) is 4.79 Å². The highest BCUT2D eigenvalue weighted by molar-refractivity contribution is 7.09. The van der Waals surface area contributed by atoms with Gasteiger partial charge in [-0.05, 0) is 31.7 Å². The van der Waals surface area contributed by atoms with Gasteiger partial charge in [0.25, 0.3) is 0 Å². The molecule has 0 radical (unpaired) electrons. The van der Waals surface area contributed by atoms with Crippen molar-refractivity contribution in [3.8, 4) is 0 Å². The number of rotatable bonds is 7. The van der Waals surface area contributed by atoms with Gasteiger partial charge in [-0.15, -0.1) is 11.3 Å². The zero-order chi connectivity index (χ0) is 12.7. The third-order valence-electron chi connectivity index (χ3n) is 2.88. The van der Waals surface area contributed by atoms with E-state index in [0.717, 1.165) is 19.5 Å². The van der Waals surface area contributed by atoms with E-state index < -0.39 is 0 Å². The van der Waals surface area contributed by atoms with Crippen LogP contribution in [0, 0.1) is 0 Å². The summed E-state index contributed by atoms with van der Waals surface area (Å²) in [5.41, 5.74) is 0. The molecule has 1 rings (SSSR count). The topological polar surface area (TPSA) is 32.3 Å². The van der Waals surface area contributed by atoms with Crippen molar-refractivity contribution < 1.29 is 4.79 Å². The lowest BCUT2D eigenvalue weighted by molar-refractivity contribution is -0.130. The lowest BCUT2D eigenvalue weighted by Gasteiger charge is -2.21. The van der Waals surface area contributed by atoms with E-state index in [1.165, 1.54) is 4.88 Å². The molecule has 1 N–H and O–H groups in total. The molecule has 1 atom stereocenters. The van der Waals surface area contributed by atoms with Gasteiger partial charge in [-0.2, -0.15) is 0 Å². The second-order valence-corrected chi connectivity index (χ2v) is 5.21. The molecule has 17 heavy (non-hydrogen) atoms. The molecule has 0 spiro atoms. The van der Waals surface area contributed by atoms with E-state index in [0.29, 0.717) is 12.6 Å². The molecule has 1 unspecified atom stereocenters. The van der Waals surface area contributed by atoms with E-state index in [1.54, 1.807) is 11.3 Å². The molecule has 1 aromatic heterocycles. The number of nitrogens with one attached hydrogen (secondary N) is 1. The van der Waals surface area contributed by atoms with Crippen molar-refractivity contribution in [2.24, 2.45) is 0 Å². The summed E-state index contributed by atoms with van der Waals surface area (Å²) in [6.45, 7) is 8.17. The van der Waals surface area contributed by atoms with Crippen molar-refractivity contribution in [3.05, 3.63) is 22.4 Å². The lowest BCUT2D eigenvalue weighted by atomic mass is 10.2. The third-order valence-corrected chi connectivity index (χ3v) is 3.74. The first-order valence-electron chi connectivity index (χ1n) is 6.20. The Morgan fingerprint density at radius 3 is 2.82 bits per heavy atom. The van der Waals surface area contributed by atoms with Crippen molar-refractivity contribution in [1.29, 1.82) is 0 Å². The smallest absolute Gasteiger partial charge is 0.236 e. The average molecular weight is 254 g/mol. The van der Waals surface area contributed by atoms with Crippen molar-refractivity contribution in [2.75, 3.05) is 13.1 Å². The Balaban J connectivity index is 2.41. The molecule has 0 aliphatic rings.